The molecule has 0 atom stereocenters. The zero-order valence-corrected chi connectivity index (χ0v) is 25.3. The SMILES string of the molecule is N#Cc1ccc(Cn2ccnc2CN(C(=O)C2CCCCC2)c2ccc3sc(C(=O)NCCN4CCCC4)cc3c2)cc1. The first-order valence-corrected chi connectivity index (χ1v) is 16.2. The second kappa shape index (κ2) is 13.5. The Morgan fingerprint density at radius 3 is 2.58 bits per heavy atom. The van der Waals surface area contributed by atoms with Gasteiger partial charge in [0.25, 0.3) is 5.91 Å². The van der Waals surface area contributed by atoms with Crippen LogP contribution in [0.3, 0.4) is 0 Å². The van der Waals surface area contributed by atoms with E-state index in [1.807, 2.05) is 59.6 Å². The van der Waals surface area contributed by atoms with Crippen LogP contribution < -0.4 is 10.2 Å². The second-order valence-electron chi connectivity index (χ2n) is 11.7. The Morgan fingerprint density at radius 1 is 1.02 bits per heavy atom. The molecule has 222 valence electrons. The molecule has 43 heavy (non-hydrogen) atoms. The lowest BCUT2D eigenvalue weighted by atomic mass is 9.88. The van der Waals surface area contributed by atoms with Gasteiger partial charge in [-0.15, -0.1) is 11.3 Å². The monoisotopic (exact) mass is 594 g/mol. The highest BCUT2D eigenvalue weighted by Crippen LogP contribution is 2.33. The highest BCUT2D eigenvalue weighted by Gasteiger charge is 2.28. The van der Waals surface area contributed by atoms with Crippen LogP contribution in [-0.2, 0) is 17.9 Å². The predicted molar refractivity (Wildman–Crippen MR) is 170 cm³/mol. The Morgan fingerprint density at radius 2 is 1.81 bits per heavy atom. The third kappa shape index (κ3) is 6.98. The van der Waals surface area contributed by atoms with Crippen LogP contribution in [0.2, 0.25) is 0 Å². The molecule has 1 aliphatic heterocycles. The standard InChI is InChI=1S/C34H38N6O2S/c35-22-25-8-10-26(11-9-25)23-39-19-15-36-32(39)24-40(34(42)27-6-2-1-3-7-27)29-12-13-30-28(20-29)21-31(43-30)33(41)37-14-18-38-16-4-5-17-38/h8-13,15,19-21,27H,1-7,14,16-18,23-24H2,(H,37,41). The van der Waals surface area contributed by atoms with Crippen molar-refractivity contribution in [3.63, 3.8) is 0 Å². The van der Waals surface area contributed by atoms with Crippen LogP contribution in [0.4, 0.5) is 5.69 Å². The van der Waals surface area contributed by atoms with Crippen LogP contribution in [-0.4, -0.2) is 52.4 Å². The number of nitrogens with one attached hydrogen (secondary N) is 1. The van der Waals surface area contributed by atoms with E-state index in [9.17, 15) is 9.59 Å². The number of likely N-dealkylation sites (tertiary alicyclic amines) is 1. The number of nitriles is 1. The molecule has 1 N–H and O–H groups in total. The average molecular weight is 595 g/mol. The summed E-state index contributed by atoms with van der Waals surface area (Å²) in [5.74, 6) is 0.909. The maximum Gasteiger partial charge on any atom is 0.261 e. The van der Waals surface area contributed by atoms with Crippen LogP contribution in [0.15, 0.2) is 60.9 Å². The molecule has 6 rings (SSSR count). The topological polar surface area (TPSA) is 94.3 Å². The molecule has 3 heterocycles. The zero-order chi connectivity index (χ0) is 29.6. The number of hydrogen-bond acceptors (Lipinski definition) is 6. The molecule has 0 spiro atoms. The maximum atomic E-state index is 14.0. The third-order valence-corrected chi connectivity index (χ3v) is 9.82. The lowest BCUT2D eigenvalue weighted by molar-refractivity contribution is -0.123. The van der Waals surface area contributed by atoms with Gasteiger partial charge in [0.1, 0.15) is 5.82 Å². The van der Waals surface area contributed by atoms with Crippen molar-refractivity contribution in [2.75, 3.05) is 31.1 Å². The molecular weight excluding hydrogens is 556 g/mol. The molecule has 2 aromatic heterocycles. The van der Waals surface area contributed by atoms with Crippen LogP contribution in [0.25, 0.3) is 10.1 Å². The lowest BCUT2D eigenvalue weighted by Gasteiger charge is -2.29. The first-order chi connectivity index (χ1) is 21.1. The number of rotatable bonds is 10. The van der Waals surface area contributed by atoms with Gasteiger partial charge in [-0.1, -0.05) is 31.4 Å². The first-order valence-electron chi connectivity index (χ1n) is 15.4. The van der Waals surface area contributed by atoms with Crippen LogP contribution in [0, 0.1) is 17.2 Å². The number of carbonyl (C=O) groups is 2. The minimum absolute atomic E-state index is 0.00538. The average Bonchev–Trinajstić information content (AvgIpc) is 3.82. The van der Waals surface area contributed by atoms with Crippen molar-refractivity contribution in [2.24, 2.45) is 5.92 Å². The van der Waals surface area contributed by atoms with Gasteiger partial charge < -0.3 is 19.7 Å². The number of imidazole rings is 1. The van der Waals surface area contributed by atoms with E-state index in [2.05, 4.69) is 25.8 Å². The smallest absolute Gasteiger partial charge is 0.261 e. The molecule has 2 fully saturated rings. The van der Waals surface area contributed by atoms with Gasteiger partial charge >= 0.3 is 0 Å². The number of nitrogens with zero attached hydrogens (tertiary/aromatic N) is 5. The summed E-state index contributed by atoms with van der Waals surface area (Å²) >= 11 is 1.49. The number of hydrogen-bond donors (Lipinski definition) is 1. The Balaban J connectivity index is 1.22. The summed E-state index contributed by atoms with van der Waals surface area (Å²) in [4.78, 5) is 36.6. The molecule has 2 aromatic carbocycles. The normalized spacial score (nSPS) is 15.9. The van der Waals surface area contributed by atoms with Gasteiger partial charge in [-0.25, -0.2) is 4.98 Å². The molecule has 1 saturated carbocycles. The number of anilines is 1. The number of amides is 2. The number of thiophene rings is 1. The van der Waals surface area contributed by atoms with Crippen molar-refractivity contribution in [3.05, 3.63) is 82.8 Å². The quantitative estimate of drug-likeness (QED) is 0.245. The fraction of sp³-hybridized carbons (Fsp3) is 0.412. The van der Waals surface area contributed by atoms with Crippen molar-refractivity contribution in [1.82, 2.24) is 19.8 Å². The summed E-state index contributed by atoms with van der Waals surface area (Å²) in [5.41, 5.74) is 2.52. The maximum absolute atomic E-state index is 14.0. The predicted octanol–water partition coefficient (Wildman–Crippen LogP) is 5.96. The summed E-state index contributed by atoms with van der Waals surface area (Å²) in [7, 11) is 0. The molecule has 9 heteroatoms. The van der Waals surface area contributed by atoms with E-state index < -0.39 is 0 Å². The highest BCUT2D eigenvalue weighted by atomic mass is 32.1. The summed E-state index contributed by atoms with van der Waals surface area (Å²) in [6.07, 6.45) is 11.4. The molecule has 1 saturated heterocycles. The first kappa shape index (κ1) is 29.1. The fourth-order valence-corrected chi connectivity index (χ4v) is 7.22. The van der Waals surface area contributed by atoms with Gasteiger partial charge in [0.2, 0.25) is 5.91 Å². The minimum Gasteiger partial charge on any atom is -0.350 e. The van der Waals surface area contributed by atoms with Crippen molar-refractivity contribution in [1.29, 1.82) is 5.26 Å². The number of fused-ring (bicyclic) bond motifs is 1. The highest BCUT2D eigenvalue weighted by molar-refractivity contribution is 7.20. The molecule has 2 aliphatic rings. The summed E-state index contributed by atoms with van der Waals surface area (Å²) in [6, 6.07) is 17.7. The largest absolute Gasteiger partial charge is 0.350 e. The van der Waals surface area contributed by atoms with Crippen LogP contribution in [0.1, 0.15) is 71.6 Å². The van der Waals surface area contributed by atoms with Crippen molar-refractivity contribution in [3.8, 4) is 6.07 Å². The molecule has 8 nitrogen and oxygen atoms in total. The molecule has 1 aliphatic carbocycles. The third-order valence-electron chi connectivity index (χ3n) is 8.71. The Kier molecular flexibility index (Phi) is 9.16. The van der Waals surface area contributed by atoms with E-state index in [0.717, 1.165) is 72.5 Å². The Labute approximate surface area is 256 Å². The molecule has 0 radical (unpaired) electrons. The van der Waals surface area contributed by atoms with E-state index in [0.29, 0.717) is 30.1 Å². The van der Waals surface area contributed by atoms with E-state index in [1.165, 1.54) is 30.6 Å². The van der Waals surface area contributed by atoms with E-state index >= 15 is 0 Å². The number of carbonyl (C=O) groups excluding carboxylic acids is 2. The van der Waals surface area contributed by atoms with E-state index in [1.54, 1.807) is 6.20 Å². The van der Waals surface area contributed by atoms with Gasteiger partial charge in [-0.2, -0.15) is 5.26 Å². The van der Waals surface area contributed by atoms with Gasteiger partial charge in [-0.3, -0.25) is 9.59 Å². The number of aromatic nitrogens is 2. The zero-order valence-electron chi connectivity index (χ0n) is 24.5. The summed E-state index contributed by atoms with van der Waals surface area (Å²) in [6.45, 7) is 4.74. The Bertz CT molecular complexity index is 1610. The molecule has 0 unspecified atom stereocenters. The fourth-order valence-electron chi connectivity index (χ4n) is 6.26. The van der Waals surface area contributed by atoms with E-state index in [-0.39, 0.29) is 17.7 Å². The van der Waals surface area contributed by atoms with Gasteiger partial charge in [0.15, 0.2) is 0 Å². The van der Waals surface area contributed by atoms with Crippen LogP contribution in [0.5, 0.6) is 0 Å². The van der Waals surface area contributed by atoms with E-state index in [4.69, 9.17) is 5.26 Å². The molecule has 0 bridgehead atoms. The Hall–Kier alpha value is -4.00. The van der Waals surface area contributed by atoms with Gasteiger partial charge in [-0.05, 0) is 86.1 Å². The van der Waals surface area contributed by atoms with Crippen LogP contribution >= 0.6 is 11.3 Å². The van der Waals surface area contributed by atoms with Gasteiger partial charge in [0.05, 0.1) is 23.1 Å². The van der Waals surface area contributed by atoms with Gasteiger partial charge in [0, 0.05) is 48.3 Å². The summed E-state index contributed by atoms with van der Waals surface area (Å²) < 4.78 is 3.09. The second-order valence-corrected chi connectivity index (χ2v) is 12.8. The minimum atomic E-state index is -0.0399. The summed E-state index contributed by atoms with van der Waals surface area (Å²) in [5, 5.41) is 13.2. The lowest BCUT2D eigenvalue weighted by Crippen LogP contribution is -2.37. The molecule has 2 amide bonds. The molecule has 4 aromatic rings. The van der Waals surface area contributed by atoms with Crippen molar-refractivity contribution < 1.29 is 9.59 Å². The van der Waals surface area contributed by atoms with Crippen molar-refractivity contribution in [2.45, 2.75) is 58.0 Å². The van der Waals surface area contributed by atoms with Crippen molar-refractivity contribution >= 4 is 38.9 Å². The number of benzene rings is 2. The molecular formula is C34H38N6O2S.